The lowest BCUT2D eigenvalue weighted by molar-refractivity contribution is 0.112. The lowest BCUT2D eigenvalue weighted by Gasteiger charge is -2.21. The van der Waals surface area contributed by atoms with Crippen molar-refractivity contribution in [1.29, 1.82) is 0 Å². The van der Waals surface area contributed by atoms with Crippen LogP contribution in [0.1, 0.15) is 21.5 Å². The molecule has 0 saturated carbocycles. The van der Waals surface area contributed by atoms with Crippen molar-refractivity contribution in [2.75, 3.05) is 11.9 Å². The molecule has 0 aliphatic rings. The third-order valence-corrected chi connectivity index (χ3v) is 3.30. The van der Waals surface area contributed by atoms with E-state index in [0.717, 1.165) is 18.5 Å². The number of rotatable bonds is 4. The molecule has 0 aliphatic heterocycles. The number of aldehydes is 1. The van der Waals surface area contributed by atoms with Gasteiger partial charge in [0.15, 0.2) is 6.29 Å². The molecular formula is C16H16ClNO. The number of hydrogen-bond donors (Lipinski definition) is 0. The predicted molar refractivity (Wildman–Crippen MR) is 80.1 cm³/mol. The first-order chi connectivity index (χ1) is 9.10. The van der Waals surface area contributed by atoms with Crippen LogP contribution >= 0.6 is 11.6 Å². The van der Waals surface area contributed by atoms with E-state index < -0.39 is 0 Å². The highest BCUT2D eigenvalue weighted by Crippen LogP contribution is 2.23. The highest BCUT2D eigenvalue weighted by Gasteiger charge is 2.08. The van der Waals surface area contributed by atoms with Gasteiger partial charge in [-0.05, 0) is 30.7 Å². The van der Waals surface area contributed by atoms with Crippen LogP contribution in [0.2, 0.25) is 5.02 Å². The van der Waals surface area contributed by atoms with Crippen LogP contribution in [-0.4, -0.2) is 13.3 Å². The van der Waals surface area contributed by atoms with Crippen LogP contribution in [0.25, 0.3) is 0 Å². The zero-order valence-corrected chi connectivity index (χ0v) is 11.8. The van der Waals surface area contributed by atoms with Gasteiger partial charge < -0.3 is 4.90 Å². The van der Waals surface area contributed by atoms with E-state index in [9.17, 15) is 4.79 Å². The van der Waals surface area contributed by atoms with Gasteiger partial charge in [-0.3, -0.25) is 4.79 Å². The summed E-state index contributed by atoms with van der Waals surface area (Å²) in [5.74, 6) is 0. The quantitative estimate of drug-likeness (QED) is 0.782. The third-order valence-electron chi connectivity index (χ3n) is 3.07. The fourth-order valence-electron chi connectivity index (χ4n) is 2.02. The summed E-state index contributed by atoms with van der Waals surface area (Å²) in [5.41, 5.74) is 3.95. The zero-order valence-electron chi connectivity index (χ0n) is 11.1. The molecule has 0 aliphatic carbocycles. The summed E-state index contributed by atoms with van der Waals surface area (Å²) < 4.78 is 0. The van der Waals surface area contributed by atoms with Crippen LogP contribution in [0.5, 0.6) is 0 Å². The van der Waals surface area contributed by atoms with Gasteiger partial charge in [0, 0.05) is 29.9 Å². The highest BCUT2D eigenvalue weighted by molar-refractivity contribution is 6.31. The van der Waals surface area contributed by atoms with E-state index in [0.29, 0.717) is 10.6 Å². The van der Waals surface area contributed by atoms with Gasteiger partial charge in [0.25, 0.3) is 0 Å². The second-order valence-electron chi connectivity index (χ2n) is 4.66. The summed E-state index contributed by atoms with van der Waals surface area (Å²) in [6, 6.07) is 13.7. The van der Waals surface area contributed by atoms with Crippen LogP contribution in [-0.2, 0) is 6.54 Å². The molecule has 2 nitrogen and oxygen atoms in total. The standard InChI is InChI=1S/C16H16ClNO/c1-12-3-5-13(6-4-12)10-18(2)16-8-7-15(17)9-14(16)11-19/h3-9,11H,10H2,1-2H3. The molecule has 0 fully saturated rings. The van der Waals surface area contributed by atoms with Gasteiger partial charge >= 0.3 is 0 Å². The highest BCUT2D eigenvalue weighted by atomic mass is 35.5. The van der Waals surface area contributed by atoms with Crippen molar-refractivity contribution in [3.63, 3.8) is 0 Å². The number of nitrogens with zero attached hydrogens (tertiary/aromatic N) is 1. The number of carbonyl (C=O) groups is 1. The molecule has 0 spiro atoms. The van der Waals surface area contributed by atoms with Crippen LogP contribution < -0.4 is 4.90 Å². The van der Waals surface area contributed by atoms with Crippen molar-refractivity contribution >= 4 is 23.6 Å². The Bertz CT molecular complexity index is 578. The molecule has 0 radical (unpaired) electrons. The van der Waals surface area contributed by atoms with Crippen LogP contribution in [0.3, 0.4) is 0 Å². The minimum atomic E-state index is 0.578. The summed E-state index contributed by atoms with van der Waals surface area (Å²) in [5, 5.41) is 0.578. The topological polar surface area (TPSA) is 20.3 Å². The molecule has 98 valence electrons. The molecule has 2 aromatic rings. The number of anilines is 1. The monoisotopic (exact) mass is 273 g/mol. The lowest BCUT2D eigenvalue weighted by Crippen LogP contribution is -2.17. The number of carbonyl (C=O) groups excluding carboxylic acids is 1. The van der Waals surface area contributed by atoms with Crippen LogP contribution in [0.4, 0.5) is 5.69 Å². The molecule has 0 amide bonds. The lowest BCUT2D eigenvalue weighted by atomic mass is 10.1. The van der Waals surface area contributed by atoms with E-state index in [1.165, 1.54) is 11.1 Å². The van der Waals surface area contributed by atoms with Crippen molar-refractivity contribution in [3.05, 3.63) is 64.2 Å². The SMILES string of the molecule is Cc1ccc(CN(C)c2ccc(Cl)cc2C=O)cc1. The second kappa shape index (κ2) is 5.89. The predicted octanol–water partition coefficient (Wildman–Crippen LogP) is 4.10. The summed E-state index contributed by atoms with van der Waals surface area (Å²) in [6.07, 6.45) is 0.840. The minimum absolute atomic E-state index is 0.578. The van der Waals surface area contributed by atoms with Gasteiger partial charge in [0.2, 0.25) is 0 Å². The molecule has 19 heavy (non-hydrogen) atoms. The Morgan fingerprint density at radius 1 is 1.16 bits per heavy atom. The van der Waals surface area contributed by atoms with Crippen molar-refractivity contribution in [2.24, 2.45) is 0 Å². The van der Waals surface area contributed by atoms with Crippen molar-refractivity contribution in [2.45, 2.75) is 13.5 Å². The Balaban J connectivity index is 2.22. The summed E-state index contributed by atoms with van der Waals surface area (Å²) in [4.78, 5) is 13.1. The van der Waals surface area contributed by atoms with E-state index in [1.54, 1.807) is 12.1 Å². The molecule has 3 heteroatoms. The van der Waals surface area contributed by atoms with E-state index >= 15 is 0 Å². The molecule has 2 aromatic carbocycles. The molecule has 0 bridgehead atoms. The van der Waals surface area contributed by atoms with Gasteiger partial charge in [-0.1, -0.05) is 41.4 Å². The Morgan fingerprint density at radius 3 is 2.47 bits per heavy atom. The summed E-state index contributed by atoms with van der Waals surface area (Å²) in [7, 11) is 1.97. The minimum Gasteiger partial charge on any atom is -0.370 e. The van der Waals surface area contributed by atoms with Gasteiger partial charge in [-0.15, -0.1) is 0 Å². The van der Waals surface area contributed by atoms with Gasteiger partial charge in [-0.25, -0.2) is 0 Å². The molecule has 0 heterocycles. The van der Waals surface area contributed by atoms with Crippen molar-refractivity contribution in [3.8, 4) is 0 Å². The average molecular weight is 274 g/mol. The molecule has 0 N–H and O–H groups in total. The van der Waals surface area contributed by atoms with E-state index in [1.807, 2.05) is 18.0 Å². The summed E-state index contributed by atoms with van der Waals surface area (Å²) in [6.45, 7) is 2.82. The van der Waals surface area contributed by atoms with Gasteiger partial charge in [-0.2, -0.15) is 0 Å². The van der Waals surface area contributed by atoms with Crippen molar-refractivity contribution < 1.29 is 4.79 Å². The fourth-order valence-corrected chi connectivity index (χ4v) is 2.20. The molecule has 0 saturated heterocycles. The number of halogens is 1. The van der Waals surface area contributed by atoms with Crippen LogP contribution in [0.15, 0.2) is 42.5 Å². The van der Waals surface area contributed by atoms with Crippen LogP contribution in [0, 0.1) is 6.92 Å². The average Bonchev–Trinajstić information content (AvgIpc) is 2.41. The van der Waals surface area contributed by atoms with Crippen molar-refractivity contribution in [1.82, 2.24) is 0 Å². The first kappa shape index (κ1) is 13.6. The molecule has 0 atom stereocenters. The summed E-state index contributed by atoms with van der Waals surface area (Å²) >= 11 is 5.90. The Morgan fingerprint density at radius 2 is 1.84 bits per heavy atom. The normalized spacial score (nSPS) is 10.3. The van der Waals surface area contributed by atoms with E-state index in [4.69, 9.17) is 11.6 Å². The first-order valence-electron chi connectivity index (χ1n) is 6.11. The maximum Gasteiger partial charge on any atom is 0.152 e. The largest absolute Gasteiger partial charge is 0.370 e. The Kier molecular flexibility index (Phi) is 4.23. The smallest absolute Gasteiger partial charge is 0.152 e. The maximum atomic E-state index is 11.1. The van der Waals surface area contributed by atoms with E-state index in [-0.39, 0.29) is 0 Å². The number of aryl methyl sites for hydroxylation is 1. The third kappa shape index (κ3) is 3.36. The zero-order chi connectivity index (χ0) is 13.8. The van der Waals surface area contributed by atoms with Gasteiger partial charge in [0.1, 0.15) is 0 Å². The van der Waals surface area contributed by atoms with Gasteiger partial charge in [0.05, 0.1) is 0 Å². The first-order valence-corrected chi connectivity index (χ1v) is 6.49. The fraction of sp³-hybridized carbons (Fsp3) is 0.188. The maximum absolute atomic E-state index is 11.1. The molecular weight excluding hydrogens is 258 g/mol. The second-order valence-corrected chi connectivity index (χ2v) is 5.10. The molecule has 2 rings (SSSR count). The van der Waals surface area contributed by atoms with E-state index in [2.05, 4.69) is 31.2 Å². The number of hydrogen-bond acceptors (Lipinski definition) is 2. The number of benzene rings is 2. The Labute approximate surface area is 118 Å². The molecule has 0 unspecified atom stereocenters. The molecule has 0 aromatic heterocycles. The Hall–Kier alpha value is -1.80.